The molecule has 0 bridgehead atoms. The number of nitrogens with two attached hydrogens (primary N) is 1. The number of anilines is 2. The number of benzene rings is 2. The Balaban J connectivity index is 1.13. The maximum atomic E-state index is 13.1. The smallest absolute Gasteiger partial charge is 0.410 e. The molecule has 266 valence electrons. The van der Waals surface area contributed by atoms with Crippen molar-refractivity contribution in [1.82, 2.24) is 20.1 Å². The maximum absolute atomic E-state index is 13.1. The summed E-state index contributed by atoms with van der Waals surface area (Å²) in [6.07, 6.45) is 5.23. The predicted octanol–water partition coefficient (Wildman–Crippen LogP) is 5.39. The van der Waals surface area contributed by atoms with Crippen molar-refractivity contribution in [3.63, 3.8) is 0 Å². The van der Waals surface area contributed by atoms with Crippen LogP contribution in [-0.2, 0) is 38.8 Å². The Labute approximate surface area is 299 Å². The zero-order valence-electron chi connectivity index (χ0n) is 28.7. The van der Waals surface area contributed by atoms with Gasteiger partial charge in [0, 0.05) is 52.6 Å². The minimum absolute atomic E-state index is 0.0427. The summed E-state index contributed by atoms with van der Waals surface area (Å²) < 4.78 is 6.72. The van der Waals surface area contributed by atoms with E-state index in [4.69, 9.17) is 10.5 Å². The molecule has 13 nitrogen and oxygen atoms in total. The number of hydrogen-bond donors (Lipinski definition) is 4. The molecule has 3 heterocycles. The monoisotopic (exact) mass is 711 g/mol. The number of urea groups is 1. The summed E-state index contributed by atoms with van der Waals surface area (Å²) in [5.41, 5.74) is 8.75. The van der Waals surface area contributed by atoms with E-state index in [1.165, 1.54) is 26.6 Å². The molecule has 1 aliphatic heterocycles. The molecule has 0 spiro atoms. The number of hydrogen-bond acceptors (Lipinski definition) is 8. The molecule has 0 aliphatic carbocycles. The molecule has 1 unspecified atom stereocenters. The van der Waals surface area contributed by atoms with Crippen LogP contribution < -0.4 is 21.7 Å². The van der Waals surface area contributed by atoms with Crippen LogP contribution in [0.25, 0.3) is 16.2 Å². The molecule has 2 aromatic carbocycles. The van der Waals surface area contributed by atoms with Gasteiger partial charge in [-0.2, -0.15) is 0 Å². The number of carbonyl (C=O) groups is 5. The van der Waals surface area contributed by atoms with Crippen molar-refractivity contribution in [1.29, 1.82) is 0 Å². The highest BCUT2D eigenvalue weighted by Crippen LogP contribution is 2.31. The van der Waals surface area contributed by atoms with E-state index in [0.717, 1.165) is 4.88 Å². The lowest BCUT2D eigenvalue weighted by Crippen LogP contribution is -2.35. The Kier molecular flexibility index (Phi) is 12.0. The van der Waals surface area contributed by atoms with Crippen molar-refractivity contribution in [2.24, 2.45) is 11.7 Å². The number of aromatic nitrogens is 1. The van der Waals surface area contributed by atoms with Crippen molar-refractivity contribution in [2.45, 2.75) is 46.4 Å². The van der Waals surface area contributed by atoms with E-state index < -0.39 is 18.0 Å². The minimum atomic E-state index is -0.677. The van der Waals surface area contributed by atoms with Crippen LogP contribution in [0, 0.1) is 12.8 Å². The van der Waals surface area contributed by atoms with Crippen LogP contribution in [-0.4, -0.2) is 64.8 Å². The first-order chi connectivity index (χ1) is 24.5. The summed E-state index contributed by atoms with van der Waals surface area (Å²) in [5.74, 6) is -0.663. The van der Waals surface area contributed by atoms with Gasteiger partial charge in [-0.3, -0.25) is 19.3 Å². The zero-order chi connectivity index (χ0) is 36.5. The van der Waals surface area contributed by atoms with Gasteiger partial charge in [0.15, 0.2) is 0 Å². The highest BCUT2D eigenvalue weighted by molar-refractivity contribution is 7.19. The van der Waals surface area contributed by atoms with E-state index in [2.05, 4.69) is 40.0 Å². The van der Waals surface area contributed by atoms with Gasteiger partial charge in [0.05, 0.1) is 13.1 Å². The van der Waals surface area contributed by atoms with Gasteiger partial charge in [0.2, 0.25) is 17.7 Å². The number of primary amides is 1. The highest BCUT2D eigenvalue weighted by atomic mass is 32.1. The van der Waals surface area contributed by atoms with Crippen molar-refractivity contribution < 1.29 is 28.7 Å². The summed E-state index contributed by atoms with van der Waals surface area (Å²) >= 11 is 1.68. The van der Waals surface area contributed by atoms with Crippen LogP contribution >= 0.6 is 11.3 Å². The first-order valence-corrected chi connectivity index (χ1v) is 17.3. The number of nitrogens with one attached hydrogen (secondary N) is 3. The Morgan fingerprint density at radius 2 is 1.90 bits per heavy atom. The van der Waals surface area contributed by atoms with Crippen molar-refractivity contribution in [3.05, 3.63) is 94.0 Å². The molecule has 0 fully saturated rings. The van der Waals surface area contributed by atoms with Crippen LogP contribution in [0.4, 0.5) is 21.1 Å². The van der Waals surface area contributed by atoms with E-state index in [0.29, 0.717) is 54.1 Å². The Bertz CT molecular complexity index is 1960. The molecule has 5 rings (SSSR count). The molecular formula is C37H41N7O6S. The number of thiophene rings is 1. The van der Waals surface area contributed by atoms with Gasteiger partial charge in [-0.1, -0.05) is 37.3 Å². The standard InChI is InChI=1S/C37H41N7O6S/c1-23(7-6-16-39-36(38)48)35(47)41-28-13-10-25(11-14-28)22-50-37(49)44-19-27-17-26(18-40-34(27)42-32(45)21-44)12-15-33(46)43(3)20-31-24(2)29-8-4-5-9-30(29)51-31/h4-5,8-15,17-18,23H,6-7,16,19-22H2,1-3H3,(H,41,47)(H3,38,39,48)(H,40,42,45). The normalized spacial score (nSPS) is 13.2. The number of likely N-dealkylation sites (N-methyl/N-ethyl adjacent to an activating group) is 1. The lowest BCUT2D eigenvalue weighted by Gasteiger charge is -2.19. The fourth-order valence-corrected chi connectivity index (χ4v) is 6.75. The SMILES string of the molecule is Cc1c(CN(C)C(=O)C=Cc2cnc3c(c2)CN(C(=O)OCc2ccc(NC(=O)C(C)CCCNC(N)=O)cc2)CC(=O)N3)sc2ccccc12. The van der Waals surface area contributed by atoms with Crippen LogP contribution in [0.15, 0.2) is 66.9 Å². The van der Waals surface area contributed by atoms with Gasteiger partial charge in [-0.05, 0) is 72.2 Å². The number of ether oxygens (including phenoxy) is 1. The molecule has 4 aromatic rings. The molecule has 0 radical (unpaired) electrons. The second kappa shape index (κ2) is 16.8. The second-order valence-corrected chi connectivity index (χ2v) is 13.6. The average Bonchev–Trinajstić information content (AvgIpc) is 3.31. The number of nitrogens with zero attached hydrogens (tertiary/aromatic N) is 3. The van der Waals surface area contributed by atoms with E-state index >= 15 is 0 Å². The minimum Gasteiger partial charge on any atom is -0.445 e. The molecule has 1 aliphatic rings. The number of pyridine rings is 1. The maximum Gasteiger partial charge on any atom is 0.410 e. The summed E-state index contributed by atoms with van der Waals surface area (Å²) in [4.78, 5) is 70.4. The first-order valence-electron chi connectivity index (χ1n) is 16.5. The average molecular weight is 712 g/mol. The molecule has 0 saturated carbocycles. The molecular weight excluding hydrogens is 671 g/mol. The number of amides is 6. The quantitative estimate of drug-likeness (QED) is 0.113. The van der Waals surface area contributed by atoms with Crippen molar-refractivity contribution in [2.75, 3.05) is 30.8 Å². The third kappa shape index (κ3) is 9.91. The van der Waals surface area contributed by atoms with Gasteiger partial charge in [0.25, 0.3) is 0 Å². The van der Waals surface area contributed by atoms with E-state index in [9.17, 15) is 24.0 Å². The molecule has 1 atom stereocenters. The fourth-order valence-electron chi connectivity index (χ4n) is 5.49. The van der Waals surface area contributed by atoms with Gasteiger partial charge >= 0.3 is 12.1 Å². The van der Waals surface area contributed by atoms with Crippen molar-refractivity contribution in [3.8, 4) is 0 Å². The Hall–Kier alpha value is -5.76. The third-order valence-electron chi connectivity index (χ3n) is 8.46. The van der Waals surface area contributed by atoms with E-state index in [1.807, 2.05) is 12.1 Å². The van der Waals surface area contributed by atoms with Crippen LogP contribution in [0.5, 0.6) is 0 Å². The van der Waals surface area contributed by atoms with E-state index in [1.54, 1.807) is 72.8 Å². The second-order valence-electron chi connectivity index (χ2n) is 12.4. The topological polar surface area (TPSA) is 176 Å². The van der Waals surface area contributed by atoms with Gasteiger partial charge in [-0.15, -0.1) is 11.3 Å². The zero-order valence-corrected chi connectivity index (χ0v) is 29.5. The molecule has 14 heteroatoms. The first kappa shape index (κ1) is 36.5. The van der Waals surface area contributed by atoms with Crippen LogP contribution in [0.3, 0.4) is 0 Å². The van der Waals surface area contributed by atoms with E-state index in [-0.39, 0.29) is 37.4 Å². The number of aryl methyl sites for hydroxylation is 1. The largest absolute Gasteiger partial charge is 0.445 e. The Morgan fingerprint density at radius 1 is 1.14 bits per heavy atom. The highest BCUT2D eigenvalue weighted by Gasteiger charge is 2.25. The molecule has 0 saturated heterocycles. The number of fused-ring (bicyclic) bond motifs is 2. The third-order valence-corrected chi connectivity index (χ3v) is 9.72. The predicted molar refractivity (Wildman–Crippen MR) is 197 cm³/mol. The molecule has 2 aromatic heterocycles. The molecule has 6 amide bonds. The van der Waals surface area contributed by atoms with Gasteiger partial charge < -0.3 is 31.3 Å². The summed E-state index contributed by atoms with van der Waals surface area (Å²) in [6.45, 7) is 4.57. The van der Waals surface area contributed by atoms with Crippen LogP contribution in [0.1, 0.15) is 46.9 Å². The van der Waals surface area contributed by atoms with Crippen LogP contribution in [0.2, 0.25) is 0 Å². The molecule has 5 N–H and O–H groups in total. The van der Waals surface area contributed by atoms with Gasteiger partial charge in [-0.25, -0.2) is 14.6 Å². The van der Waals surface area contributed by atoms with Crippen molar-refractivity contribution >= 4 is 68.9 Å². The summed E-state index contributed by atoms with van der Waals surface area (Å²) in [5, 5.41) is 9.28. The van der Waals surface area contributed by atoms with Gasteiger partial charge in [0.1, 0.15) is 19.0 Å². The molecule has 51 heavy (non-hydrogen) atoms. The summed E-state index contributed by atoms with van der Waals surface area (Å²) in [6, 6.07) is 16.3. The lowest BCUT2D eigenvalue weighted by atomic mass is 10.0. The number of carbonyl (C=O) groups excluding carboxylic acids is 5. The summed E-state index contributed by atoms with van der Waals surface area (Å²) in [7, 11) is 1.76. The fraction of sp³-hybridized carbons (Fsp3) is 0.297. The Morgan fingerprint density at radius 3 is 2.65 bits per heavy atom. The lowest BCUT2D eigenvalue weighted by molar-refractivity contribution is -0.125. The number of rotatable bonds is 12.